The lowest BCUT2D eigenvalue weighted by atomic mass is 10.1. The molecule has 27 heavy (non-hydrogen) atoms. The monoisotopic (exact) mass is 368 g/mol. The van der Waals surface area contributed by atoms with Crippen molar-refractivity contribution in [3.63, 3.8) is 0 Å². The van der Waals surface area contributed by atoms with Gasteiger partial charge in [0.15, 0.2) is 5.78 Å². The predicted molar refractivity (Wildman–Crippen MR) is 105 cm³/mol. The van der Waals surface area contributed by atoms with Crippen LogP contribution in [0.25, 0.3) is 0 Å². The first-order valence-corrected chi connectivity index (χ1v) is 8.83. The van der Waals surface area contributed by atoms with Gasteiger partial charge in [-0.1, -0.05) is 24.3 Å². The average Bonchev–Trinajstić information content (AvgIpc) is 2.63. The van der Waals surface area contributed by atoms with E-state index in [4.69, 9.17) is 4.74 Å². The molecule has 0 aliphatic rings. The van der Waals surface area contributed by atoms with Gasteiger partial charge in [-0.3, -0.25) is 14.4 Å². The topological polar surface area (TPSA) is 75.7 Å². The highest BCUT2D eigenvalue weighted by Gasteiger charge is 2.15. The molecular formula is C21H24N2O4. The number of nitrogens with one attached hydrogen (secondary N) is 1. The van der Waals surface area contributed by atoms with Crippen molar-refractivity contribution in [1.82, 2.24) is 0 Å². The van der Waals surface area contributed by atoms with Crippen molar-refractivity contribution in [2.24, 2.45) is 0 Å². The van der Waals surface area contributed by atoms with Crippen LogP contribution in [0.4, 0.5) is 11.4 Å². The number of hydrogen-bond donors (Lipinski definition) is 1. The van der Waals surface area contributed by atoms with Crippen molar-refractivity contribution in [3.8, 4) is 5.75 Å². The van der Waals surface area contributed by atoms with E-state index < -0.39 is 0 Å². The Labute approximate surface area is 159 Å². The maximum Gasteiger partial charge on any atom is 0.226 e. The fourth-order valence-corrected chi connectivity index (χ4v) is 2.64. The van der Waals surface area contributed by atoms with Crippen LogP contribution in [0, 0.1) is 0 Å². The summed E-state index contributed by atoms with van der Waals surface area (Å²) in [6, 6.07) is 14.0. The minimum absolute atomic E-state index is 0.0781. The maximum atomic E-state index is 12.3. The van der Waals surface area contributed by atoms with Crippen molar-refractivity contribution in [3.05, 3.63) is 54.1 Å². The first kappa shape index (κ1) is 20.2. The maximum absolute atomic E-state index is 12.3. The highest BCUT2D eigenvalue weighted by atomic mass is 16.5. The van der Waals surface area contributed by atoms with Crippen molar-refractivity contribution < 1.29 is 19.1 Å². The van der Waals surface area contributed by atoms with Crippen LogP contribution in [-0.4, -0.2) is 30.7 Å². The van der Waals surface area contributed by atoms with E-state index in [0.29, 0.717) is 29.3 Å². The van der Waals surface area contributed by atoms with E-state index in [9.17, 15) is 14.4 Å². The number of carbonyl (C=O) groups excluding carboxylic acids is 3. The summed E-state index contributed by atoms with van der Waals surface area (Å²) in [5.41, 5.74) is 1.71. The first-order chi connectivity index (χ1) is 12.9. The molecule has 2 aromatic carbocycles. The molecule has 0 bridgehead atoms. The van der Waals surface area contributed by atoms with Crippen LogP contribution in [-0.2, 0) is 9.59 Å². The summed E-state index contributed by atoms with van der Waals surface area (Å²) in [4.78, 5) is 37.4. The molecule has 0 fully saturated rings. The third kappa shape index (κ3) is 5.67. The normalized spacial score (nSPS) is 10.2. The van der Waals surface area contributed by atoms with Crippen LogP contribution >= 0.6 is 0 Å². The van der Waals surface area contributed by atoms with Crippen LogP contribution in [0.15, 0.2) is 48.5 Å². The lowest BCUT2D eigenvalue weighted by Crippen LogP contribution is -2.32. The predicted octanol–water partition coefficient (Wildman–Crippen LogP) is 3.67. The number of anilines is 2. The zero-order valence-electron chi connectivity index (χ0n) is 15.8. The van der Waals surface area contributed by atoms with E-state index in [1.54, 1.807) is 36.4 Å². The average molecular weight is 368 g/mol. The summed E-state index contributed by atoms with van der Waals surface area (Å²) in [5.74, 6) is 0.103. The Morgan fingerprint density at radius 1 is 1.04 bits per heavy atom. The number of carbonyl (C=O) groups is 3. The number of nitrogens with zero attached hydrogens (tertiary/aromatic N) is 1. The number of rotatable bonds is 8. The Morgan fingerprint density at radius 3 is 2.44 bits per heavy atom. The van der Waals surface area contributed by atoms with Crippen LogP contribution < -0.4 is 15.0 Å². The largest absolute Gasteiger partial charge is 0.492 e. The molecule has 0 radical (unpaired) electrons. The van der Waals surface area contributed by atoms with Crippen LogP contribution in [0.1, 0.15) is 37.6 Å². The Balaban J connectivity index is 2.06. The zero-order chi connectivity index (χ0) is 19.8. The third-order valence-electron chi connectivity index (χ3n) is 3.97. The molecule has 0 aliphatic carbocycles. The Kier molecular flexibility index (Phi) is 7.11. The number of ketones is 1. The Bertz CT molecular complexity index is 832. The van der Waals surface area contributed by atoms with Crippen LogP contribution in [0.2, 0.25) is 0 Å². The second-order valence-electron chi connectivity index (χ2n) is 6.00. The van der Waals surface area contributed by atoms with Gasteiger partial charge in [0.2, 0.25) is 11.8 Å². The number of amides is 2. The van der Waals surface area contributed by atoms with E-state index in [0.717, 1.165) is 0 Å². The Morgan fingerprint density at radius 2 is 1.78 bits per heavy atom. The summed E-state index contributed by atoms with van der Waals surface area (Å²) in [6.07, 6.45) is 0.115. The molecule has 142 valence electrons. The molecule has 6 heteroatoms. The summed E-state index contributed by atoms with van der Waals surface area (Å²) in [5, 5.41) is 2.81. The van der Waals surface area contributed by atoms with Gasteiger partial charge in [-0.25, -0.2) is 0 Å². The van der Waals surface area contributed by atoms with E-state index in [1.165, 1.54) is 18.7 Å². The molecule has 2 amide bonds. The number of Topliss-reactive ketones (excluding diaryl/α,β-unsaturated/α-hetero) is 1. The standard InChI is InChI=1S/C21H24N2O4/c1-4-27-20-11-6-5-10-19(20)22-21(26)12-13-23(16(3)25)18-9-7-8-17(14-18)15(2)24/h5-11,14H,4,12-13H2,1-3H3,(H,22,26). The molecule has 0 heterocycles. The molecule has 0 spiro atoms. The van der Waals surface area contributed by atoms with Gasteiger partial charge in [0.1, 0.15) is 5.75 Å². The molecular weight excluding hydrogens is 344 g/mol. The molecule has 0 saturated heterocycles. The molecule has 2 aromatic rings. The first-order valence-electron chi connectivity index (χ1n) is 8.83. The lowest BCUT2D eigenvalue weighted by molar-refractivity contribution is -0.117. The fraction of sp³-hybridized carbons (Fsp3) is 0.286. The van der Waals surface area contributed by atoms with E-state index in [-0.39, 0.29) is 30.6 Å². The van der Waals surface area contributed by atoms with E-state index >= 15 is 0 Å². The molecule has 0 saturated carbocycles. The molecule has 0 unspecified atom stereocenters. The summed E-state index contributed by atoms with van der Waals surface area (Å²) >= 11 is 0. The van der Waals surface area contributed by atoms with Gasteiger partial charge in [0, 0.05) is 31.1 Å². The zero-order valence-corrected chi connectivity index (χ0v) is 15.8. The van der Waals surface area contributed by atoms with Crippen LogP contribution in [0.3, 0.4) is 0 Å². The van der Waals surface area contributed by atoms with Crippen molar-refractivity contribution in [2.45, 2.75) is 27.2 Å². The minimum Gasteiger partial charge on any atom is -0.492 e. The molecule has 1 N–H and O–H groups in total. The molecule has 2 rings (SSSR count). The van der Waals surface area contributed by atoms with Crippen molar-refractivity contribution in [2.75, 3.05) is 23.4 Å². The van der Waals surface area contributed by atoms with Gasteiger partial charge in [-0.2, -0.15) is 0 Å². The SMILES string of the molecule is CCOc1ccccc1NC(=O)CCN(C(C)=O)c1cccc(C(C)=O)c1. The number of para-hydroxylation sites is 2. The number of ether oxygens (including phenoxy) is 1. The second-order valence-corrected chi connectivity index (χ2v) is 6.00. The number of benzene rings is 2. The molecule has 0 atom stereocenters. The van der Waals surface area contributed by atoms with Gasteiger partial charge < -0.3 is 15.0 Å². The van der Waals surface area contributed by atoms with Gasteiger partial charge in [-0.15, -0.1) is 0 Å². The highest BCUT2D eigenvalue weighted by molar-refractivity contribution is 5.98. The van der Waals surface area contributed by atoms with Crippen molar-refractivity contribution >= 4 is 29.0 Å². The summed E-state index contributed by atoms with van der Waals surface area (Å²) in [7, 11) is 0. The smallest absolute Gasteiger partial charge is 0.226 e. The minimum atomic E-state index is -0.226. The fourth-order valence-electron chi connectivity index (χ4n) is 2.64. The molecule has 6 nitrogen and oxygen atoms in total. The second kappa shape index (κ2) is 9.52. The van der Waals surface area contributed by atoms with E-state index in [2.05, 4.69) is 5.32 Å². The van der Waals surface area contributed by atoms with Gasteiger partial charge in [0.25, 0.3) is 0 Å². The quantitative estimate of drug-likeness (QED) is 0.722. The van der Waals surface area contributed by atoms with Gasteiger partial charge in [0.05, 0.1) is 12.3 Å². The highest BCUT2D eigenvalue weighted by Crippen LogP contribution is 2.24. The van der Waals surface area contributed by atoms with Gasteiger partial charge in [-0.05, 0) is 38.1 Å². The van der Waals surface area contributed by atoms with Crippen molar-refractivity contribution in [1.29, 1.82) is 0 Å². The van der Waals surface area contributed by atoms with E-state index in [1.807, 2.05) is 19.1 Å². The number of hydrogen-bond acceptors (Lipinski definition) is 4. The summed E-state index contributed by atoms with van der Waals surface area (Å²) in [6.45, 7) is 5.48. The molecule has 0 aliphatic heterocycles. The van der Waals surface area contributed by atoms with Crippen LogP contribution in [0.5, 0.6) is 5.75 Å². The Hall–Kier alpha value is -3.15. The summed E-state index contributed by atoms with van der Waals surface area (Å²) < 4.78 is 5.50. The third-order valence-corrected chi connectivity index (χ3v) is 3.97. The van der Waals surface area contributed by atoms with Gasteiger partial charge >= 0.3 is 0 Å². The molecule has 0 aromatic heterocycles. The lowest BCUT2D eigenvalue weighted by Gasteiger charge is -2.21.